The molecule has 1 aliphatic rings. The Morgan fingerprint density at radius 1 is 1.17 bits per heavy atom. The second-order valence-electron chi connectivity index (χ2n) is 7.07. The Kier molecular flexibility index (Phi) is 7.14. The third kappa shape index (κ3) is 5.09. The second kappa shape index (κ2) is 9.98. The van der Waals surface area contributed by atoms with E-state index in [1.165, 1.54) is 18.2 Å². The molecule has 3 rings (SSSR count). The number of aliphatic imine (C=N–C) groups is 1. The van der Waals surface area contributed by atoms with Gasteiger partial charge in [-0.2, -0.15) is 0 Å². The Morgan fingerprint density at radius 2 is 1.97 bits per heavy atom. The first kappa shape index (κ1) is 20.7. The number of carbonyl (C=O) groups is 2. The van der Waals surface area contributed by atoms with Gasteiger partial charge in [-0.1, -0.05) is 24.3 Å². The number of fused-ring (bicyclic) bond motifs is 1. The van der Waals surface area contributed by atoms with Gasteiger partial charge in [0, 0.05) is 36.9 Å². The topological polar surface area (TPSA) is 68.2 Å². The molecule has 0 saturated carbocycles. The maximum atomic E-state index is 11.6. The largest absolute Gasteiger partial charge is 0.493 e. The second-order valence-corrected chi connectivity index (χ2v) is 7.07. The molecule has 152 valence electrons. The SMILES string of the molecule is COc1cc(C=O)c(N=CC2Cc3ccccc3CN2C)cc1OCCCC=O. The number of unbranched alkanes of at least 4 members (excludes halogenated alkanes) is 1. The number of nitrogens with zero attached hydrogens (tertiary/aromatic N) is 2. The van der Waals surface area contributed by atoms with Crippen molar-refractivity contribution in [3.8, 4) is 11.5 Å². The number of likely N-dealkylation sites (N-methyl/N-ethyl adjacent to an activating group) is 1. The lowest BCUT2D eigenvalue weighted by molar-refractivity contribution is -0.108. The molecule has 2 aromatic rings. The van der Waals surface area contributed by atoms with Crippen LogP contribution in [0.25, 0.3) is 0 Å². The van der Waals surface area contributed by atoms with Gasteiger partial charge in [0.25, 0.3) is 0 Å². The number of rotatable bonds is 9. The summed E-state index contributed by atoms with van der Waals surface area (Å²) >= 11 is 0. The Bertz CT molecular complexity index is 894. The fourth-order valence-electron chi connectivity index (χ4n) is 3.40. The van der Waals surface area contributed by atoms with Gasteiger partial charge in [-0.25, -0.2) is 0 Å². The molecule has 1 heterocycles. The molecule has 0 radical (unpaired) electrons. The number of hydrogen-bond acceptors (Lipinski definition) is 6. The van der Waals surface area contributed by atoms with Crippen LogP contribution in [0, 0.1) is 0 Å². The molecule has 0 aromatic heterocycles. The summed E-state index contributed by atoms with van der Waals surface area (Å²) in [5.41, 5.74) is 3.64. The summed E-state index contributed by atoms with van der Waals surface area (Å²) in [6.07, 6.45) is 5.46. The molecule has 0 spiro atoms. The van der Waals surface area contributed by atoms with E-state index in [0.29, 0.717) is 42.2 Å². The van der Waals surface area contributed by atoms with Gasteiger partial charge in [0.1, 0.15) is 6.29 Å². The molecule has 0 aliphatic carbocycles. The van der Waals surface area contributed by atoms with Crippen molar-refractivity contribution in [1.29, 1.82) is 0 Å². The molecule has 6 nitrogen and oxygen atoms in total. The molecule has 1 aliphatic heterocycles. The fraction of sp³-hybridized carbons (Fsp3) is 0.348. The van der Waals surface area contributed by atoms with Gasteiger partial charge in [-0.15, -0.1) is 0 Å². The van der Waals surface area contributed by atoms with Crippen molar-refractivity contribution in [1.82, 2.24) is 4.90 Å². The highest BCUT2D eigenvalue weighted by Crippen LogP contribution is 2.34. The summed E-state index contributed by atoms with van der Waals surface area (Å²) in [6.45, 7) is 1.25. The average molecular weight is 394 g/mol. The Morgan fingerprint density at radius 3 is 2.69 bits per heavy atom. The molecule has 0 bridgehead atoms. The monoisotopic (exact) mass is 394 g/mol. The third-order valence-corrected chi connectivity index (χ3v) is 5.08. The Balaban J connectivity index is 1.81. The summed E-state index contributed by atoms with van der Waals surface area (Å²) in [6, 6.07) is 11.9. The van der Waals surface area contributed by atoms with Crippen molar-refractivity contribution in [2.24, 2.45) is 4.99 Å². The standard InChI is InChI=1S/C23H26N2O4/c1-25-15-18-8-4-3-7-17(18)11-20(25)14-24-21-13-23(29-10-6-5-9-26)22(28-2)12-19(21)16-27/h3-4,7-9,12-14,16,20H,5-6,10-11,15H2,1-2H3. The van der Waals surface area contributed by atoms with Gasteiger partial charge in [-0.3, -0.25) is 14.7 Å². The van der Waals surface area contributed by atoms with Gasteiger partial charge in [0.05, 0.1) is 19.4 Å². The van der Waals surface area contributed by atoms with Gasteiger partial charge < -0.3 is 14.3 Å². The minimum atomic E-state index is 0.142. The fourth-order valence-corrected chi connectivity index (χ4v) is 3.40. The summed E-state index contributed by atoms with van der Waals surface area (Å²) in [5, 5.41) is 0. The Labute approximate surface area is 171 Å². The smallest absolute Gasteiger partial charge is 0.163 e. The predicted octanol–water partition coefficient (Wildman–Crippen LogP) is 3.62. The zero-order valence-electron chi connectivity index (χ0n) is 16.8. The molecule has 29 heavy (non-hydrogen) atoms. The van der Waals surface area contributed by atoms with E-state index >= 15 is 0 Å². The zero-order valence-corrected chi connectivity index (χ0v) is 16.8. The molecule has 0 fully saturated rings. The highest BCUT2D eigenvalue weighted by Gasteiger charge is 2.21. The summed E-state index contributed by atoms with van der Waals surface area (Å²) in [7, 11) is 3.60. The van der Waals surface area contributed by atoms with Crippen LogP contribution in [0.3, 0.4) is 0 Å². The van der Waals surface area contributed by atoms with Crippen LogP contribution < -0.4 is 9.47 Å². The highest BCUT2D eigenvalue weighted by molar-refractivity contribution is 5.87. The van der Waals surface area contributed by atoms with Gasteiger partial charge in [0.2, 0.25) is 0 Å². The zero-order chi connectivity index (χ0) is 20.6. The first-order chi connectivity index (χ1) is 14.2. The maximum Gasteiger partial charge on any atom is 0.163 e. The number of methoxy groups -OCH3 is 1. The van der Waals surface area contributed by atoms with Crippen molar-refractivity contribution in [3.05, 3.63) is 53.1 Å². The molecule has 0 saturated heterocycles. The van der Waals surface area contributed by atoms with E-state index in [2.05, 4.69) is 41.2 Å². The normalized spacial score (nSPS) is 16.4. The van der Waals surface area contributed by atoms with Crippen LogP contribution in [0.1, 0.15) is 34.3 Å². The van der Waals surface area contributed by atoms with Crippen LogP contribution in [-0.2, 0) is 17.8 Å². The number of benzene rings is 2. The lowest BCUT2D eigenvalue weighted by Gasteiger charge is -2.31. The minimum Gasteiger partial charge on any atom is -0.493 e. The first-order valence-electron chi connectivity index (χ1n) is 9.71. The summed E-state index contributed by atoms with van der Waals surface area (Å²) < 4.78 is 11.1. The van der Waals surface area contributed by atoms with Gasteiger partial charge in [-0.05, 0) is 37.1 Å². The van der Waals surface area contributed by atoms with E-state index < -0.39 is 0 Å². The molecule has 0 amide bonds. The van der Waals surface area contributed by atoms with Crippen molar-refractivity contribution in [2.75, 3.05) is 20.8 Å². The van der Waals surface area contributed by atoms with E-state index in [9.17, 15) is 9.59 Å². The van der Waals surface area contributed by atoms with Crippen molar-refractivity contribution >= 4 is 24.5 Å². The van der Waals surface area contributed by atoms with Crippen molar-refractivity contribution in [2.45, 2.75) is 31.8 Å². The number of carbonyl (C=O) groups excluding carboxylic acids is 2. The van der Waals surface area contributed by atoms with Crippen molar-refractivity contribution < 1.29 is 19.1 Å². The van der Waals surface area contributed by atoms with Crippen LogP contribution in [0.5, 0.6) is 11.5 Å². The number of hydrogen-bond donors (Lipinski definition) is 0. The number of ether oxygens (including phenoxy) is 2. The van der Waals surface area contributed by atoms with Crippen molar-refractivity contribution in [3.63, 3.8) is 0 Å². The molecular weight excluding hydrogens is 368 g/mol. The lowest BCUT2D eigenvalue weighted by Crippen LogP contribution is -2.38. The maximum absolute atomic E-state index is 11.6. The molecule has 1 atom stereocenters. The molecule has 6 heteroatoms. The first-order valence-corrected chi connectivity index (χ1v) is 9.71. The van der Waals surface area contributed by atoms with Crippen LogP contribution in [0.4, 0.5) is 5.69 Å². The molecular formula is C23H26N2O4. The van der Waals surface area contributed by atoms with Crippen LogP contribution >= 0.6 is 0 Å². The number of aldehydes is 2. The van der Waals surface area contributed by atoms with Crippen LogP contribution in [0.15, 0.2) is 41.4 Å². The Hall–Kier alpha value is -2.99. The molecule has 2 aromatic carbocycles. The lowest BCUT2D eigenvalue weighted by atomic mass is 9.95. The summed E-state index contributed by atoms with van der Waals surface area (Å²) in [5.74, 6) is 0.986. The predicted molar refractivity (Wildman–Crippen MR) is 113 cm³/mol. The third-order valence-electron chi connectivity index (χ3n) is 5.08. The molecule has 0 N–H and O–H groups in total. The molecule has 1 unspecified atom stereocenters. The average Bonchev–Trinajstić information content (AvgIpc) is 2.75. The minimum absolute atomic E-state index is 0.142. The van der Waals surface area contributed by atoms with E-state index in [4.69, 9.17) is 9.47 Å². The van der Waals surface area contributed by atoms with Crippen LogP contribution in [-0.4, -0.2) is 50.5 Å². The van der Waals surface area contributed by atoms with E-state index in [-0.39, 0.29) is 6.04 Å². The van der Waals surface area contributed by atoms with Gasteiger partial charge in [0.15, 0.2) is 17.8 Å². The highest BCUT2D eigenvalue weighted by atomic mass is 16.5. The summed E-state index contributed by atoms with van der Waals surface area (Å²) in [4.78, 5) is 28.9. The van der Waals surface area contributed by atoms with Crippen LogP contribution in [0.2, 0.25) is 0 Å². The van der Waals surface area contributed by atoms with E-state index in [0.717, 1.165) is 25.5 Å². The quantitative estimate of drug-likeness (QED) is 0.369. The van der Waals surface area contributed by atoms with E-state index in [1.807, 2.05) is 6.21 Å². The van der Waals surface area contributed by atoms with Gasteiger partial charge >= 0.3 is 0 Å². The van der Waals surface area contributed by atoms with E-state index in [1.54, 1.807) is 12.1 Å².